The first-order chi connectivity index (χ1) is 16.0. The molecule has 3 aromatic rings. The first-order valence-corrected chi connectivity index (χ1v) is 10.7. The van der Waals surface area contributed by atoms with Crippen molar-refractivity contribution in [3.63, 3.8) is 0 Å². The van der Waals surface area contributed by atoms with E-state index in [-0.39, 0.29) is 29.7 Å². The fourth-order valence-electron chi connectivity index (χ4n) is 4.04. The number of fused-ring (bicyclic) bond motifs is 1. The third-order valence-corrected chi connectivity index (χ3v) is 5.88. The van der Waals surface area contributed by atoms with Crippen LogP contribution in [0.4, 0.5) is 39.4 Å². The van der Waals surface area contributed by atoms with Crippen LogP contribution in [0.15, 0.2) is 41.5 Å². The highest BCUT2D eigenvalue weighted by Crippen LogP contribution is 2.31. The highest BCUT2D eigenvalue weighted by atomic mass is 19.4. The zero-order valence-electron chi connectivity index (χ0n) is 18.5. The van der Waals surface area contributed by atoms with Crippen LogP contribution in [0.5, 0.6) is 0 Å². The molecule has 1 unspecified atom stereocenters. The van der Waals surface area contributed by atoms with E-state index in [2.05, 4.69) is 15.6 Å². The molecule has 1 saturated heterocycles. The summed E-state index contributed by atoms with van der Waals surface area (Å²) in [6, 6.07) is 7.48. The van der Waals surface area contributed by atoms with Gasteiger partial charge in [-0.2, -0.15) is 13.2 Å². The van der Waals surface area contributed by atoms with Gasteiger partial charge in [0.15, 0.2) is 5.82 Å². The topological polar surface area (TPSA) is 79.3 Å². The third kappa shape index (κ3) is 4.97. The number of carbonyl (C=O) groups excluding carboxylic acids is 1. The second-order valence-corrected chi connectivity index (χ2v) is 8.49. The van der Waals surface area contributed by atoms with Crippen LogP contribution in [0, 0.1) is 18.7 Å². The number of hydrogen-bond donors (Lipinski definition) is 2. The normalized spacial score (nSPS) is 16.2. The number of amides is 2. The van der Waals surface area contributed by atoms with Crippen LogP contribution in [-0.4, -0.2) is 39.7 Å². The molecule has 2 N–H and O–H groups in total. The van der Waals surface area contributed by atoms with Gasteiger partial charge in [0, 0.05) is 37.9 Å². The van der Waals surface area contributed by atoms with Gasteiger partial charge in [-0.1, -0.05) is 6.07 Å². The van der Waals surface area contributed by atoms with Crippen LogP contribution in [0.25, 0.3) is 10.9 Å². The number of carbonyl (C=O) groups is 1. The van der Waals surface area contributed by atoms with Crippen molar-refractivity contribution in [2.45, 2.75) is 25.9 Å². The van der Waals surface area contributed by atoms with E-state index in [1.807, 2.05) is 0 Å². The van der Waals surface area contributed by atoms with Crippen molar-refractivity contribution in [2.24, 2.45) is 13.0 Å². The second kappa shape index (κ2) is 8.96. The lowest BCUT2D eigenvalue weighted by molar-refractivity contribution is -0.143. The molecular formula is C23H23F4N5O2. The summed E-state index contributed by atoms with van der Waals surface area (Å²) in [5.74, 6) is -1.35. The van der Waals surface area contributed by atoms with Crippen LogP contribution in [0.3, 0.4) is 0 Å². The smallest absolute Gasteiger partial charge is 0.353 e. The van der Waals surface area contributed by atoms with Gasteiger partial charge in [-0.05, 0) is 49.1 Å². The molecule has 2 amide bonds. The fourth-order valence-corrected chi connectivity index (χ4v) is 4.04. The Balaban J connectivity index is 1.51. The maximum absolute atomic E-state index is 15.1. The van der Waals surface area contributed by atoms with E-state index in [1.165, 1.54) is 35.0 Å². The average Bonchev–Trinajstić information content (AvgIpc) is 3.21. The van der Waals surface area contributed by atoms with Gasteiger partial charge in [-0.3, -0.25) is 4.79 Å². The predicted molar refractivity (Wildman–Crippen MR) is 121 cm³/mol. The Morgan fingerprint density at radius 3 is 2.71 bits per heavy atom. The number of nitrogens with zero attached hydrogens (tertiary/aromatic N) is 3. The first-order valence-electron chi connectivity index (χ1n) is 10.7. The van der Waals surface area contributed by atoms with E-state index >= 15 is 4.39 Å². The molecule has 0 saturated carbocycles. The van der Waals surface area contributed by atoms with E-state index in [4.69, 9.17) is 0 Å². The Labute approximate surface area is 192 Å². The first kappa shape index (κ1) is 23.5. The van der Waals surface area contributed by atoms with Crippen molar-refractivity contribution in [1.29, 1.82) is 0 Å². The number of urea groups is 1. The standard InChI is InChI=1S/C23H23F4N5O2/c1-13-3-4-15(29-22(34)32-8-7-14(11-32)10-23(25,26)27)9-18(13)30-17-6-5-16-19(20(17)24)21(33)31(2)12-28-16/h3-6,9,12,14,30H,7-8,10-11H2,1-2H3,(H,29,34). The number of likely N-dealkylation sites (tertiary alicyclic amines) is 1. The van der Waals surface area contributed by atoms with Gasteiger partial charge in [0.05, 0.1) is 17.5 Å². The maximum atomic E-state index is 15.1. The van der Waals surface area contributed by atoms with Crippen LogP contribution >= 0.6 is 0 Å². The molecule has 1 atom stereocenters. The lowest BCUT2D eigenvalue weighted by Gasteiger charge is -2.19. The number of benzene rings is 2. The quantitative estimate of drug-likeness (QED) is 0.523. The summed E-state index contributed by atoms with van der Waals surface area (Å²) < 4.78 is 54.2. The Morgan fingerprint density at radius 1 is 1.21 bits per heavy atom. The van der Waals surface area contributed by atoms with E-state index in [0.29, 0.717) is 17.8 Å². The Morgan fingerprint density at radius 2 is 1.97 bits per heavy atom. The summed E-state index contributed by atoms with van der Waals surface area (Å²) in [5.41, 5.74) is 1.43. The van der Waals surface area contributed by atoms with Crippen LogP contribution < -0.4 is 16.2 Å². The molecule has 0 bridgehead atoms. The van der Waals surface area contributed by atoms with Gasteiger partial charge >= 0.3 is 12.2 Å². The monoisotopic (exact) mass is 477 g/mol. The van der Waals surface area contributed by atoms with E-state index < -0.39 is 35.9 Å². The van der Waals surface area contributed by atoms with E-state index in [9.17, 15) is 22.8 Å². The van der Waals surface area contributed by atoms with Crippen molar-refractivity contribution in [2.75, 3.05) is 23.7 Å². The predicted octanol–water partition coefficient (Wildman–Crippen LogP) is 4.93. The lowest BCUT2D eigenvalue weighted by atomic mass is 10.1. The molecule has 1 aliphatic rings. The van der Waals surface area contributed by atoms with E-state index in [0.717, 1.165) is 5.56 Å². The number of aromatic nitrogens is 2. The Bertz CT molecular complexity index is 1300. The lowest BCUT2D eigenvalue weighted by Crippen LogP contribution is -2.33. The average molecular weight is 477 g/mol. The third-order valence-electron chi connectivity index (χ3n) is 5.88. The molecule has 7 nitrogen and oxygen atoms in total. The molecule has 34 heavy (non-hydrogen) atoms. The van der Waals surface area contributed by atoms with Crippen molar-refractivity contribution in [1.82, 2.24) is 14.5 Å². The number of aryl methyl sites for hydroxylation is 2. The van der Waals surface area contributed by atoms with Crippen LogP contribution in [0.2, 0.25) is 0 Å². The number of hydrogen-bond acceptors (Lipinski definition) is 4. The molecule has 0 radical (unpaired) electrons. The summed E-state index contributed by atoms with van der Waals surface area (Å²) in [4.78, 5) is 30.3. The summed E-state index contributed by atoms with van der Waals surface area (Å²) in [5, 5.41) is 5.51. The minimum Gasteiger partial charge on any atom is -0.353 e. The van der Waals surface area contributed by atoms with Crippen molar-refractivity contribution < 1.29 is 22.4 Å². The van der Waals surface area contributed by atoms with Gasteiger partial charge in [0.2, 0.25) is 0 Å². The maximum Gasteiger partial charge on any atom is 0.389 e. The molecule has 0 spiro atoms. The Hall–Kier alpha value is -3.63. The van der Waals surface area contributed by atoms with Crippen LogP contribution in [0.1, 0.15) is 18.4 Å². The van der Waals surface area contributed by atoms with E-state index in [1.54, 1.807) is 25.1 Å². The number of anilines is 3. The molecule has 1 fully saturated rings. The van der Waals surface area contributed by atoms with Crippen LogP contribution in [-0.2, 0) is 7.05 Å². The minimum absolute atomic E-state index is 0.0353. The zero-order chi connectivity index (χ0) is 24.6. The van der Waals surface area contributed by atoms with Crippen molar-refractivity contribution in [3.8, 4) is 0 Å². The molecule has 4 rings (SSSR count). The van der Waals surface area contributed by atoms with Gasteiger partial charge in [0.1, 0.15) is 5.39 Å². The molecule has 2 aromatic carbocycles. The fraction of sp³-hybridized carbons (Fsp3) is 0.348. The zero-order valence-corrected chi connectivity index (χ0v) is 18.5. The molecule has 0 aliphatic carbocycles. The van der Waals surface area contributed by atoms with Gasteiger partial charge in [-0.25, -0.2) is 14.2 Å². The summed E-state index contributed by atoms with van der Waals surface area (Å²) >= 11 is 0. The molecule has 1 aliphatic heterocycles. The highest BCUT2D eigenvalue weighted by molar-refractivity contribution is 5.91. The summed E-state index contributed by atoms with van der Waals surface area (Å²) in [6.07, 6.45) is -3.55. The number of alkyl halides is 3. The SMILES string of the molecule is Cc1ccc(NC(=O)N2CCC(CC(F)(F)F)C2)cc1Nc1ccc2ncn(C)c(=O)c2c1F. The number of nitrogens with one attached hydrogen (secondary N) is 2. The highest BCUT2D eigenvalue weighted by Gasteiger charge is 2.36. The number of rotatable bonds is 4. The number of halogens is 4. The second-order valence-electron chi connectivity index (χ2n) is 8.49. The minimum atomic E-state index is -4.26. The molecule has 2 heterocycles. The largest absolute Gasteiger partial charge is 0.389 e. The van der Waals surface area contributed by atoms with Crippen molar-refractivity contribution in [3.05, 3.63) is 58.4 Å². The Kier molecular flexibility index (Phi) is 6.20. The summed E-state index contributed by atoms with van der Waals surface area (Å²) in [6.45, 7) is 2.07. The molecule has 11 heteroatoms. The summed E-state index contributed by atoms with van der Waals surface area (Å²) in [7, 11) is 1.48. The van der Waals surface area contributed by atoms with Gasteiger partial charge in [0.25, 0.3) is 5.56 Å². The molecule has 180 valence electrons. The van der Waals surface area contributed by atoms with Gasteiger partial charge < -0.3 is 20.1 Å². The van der Waals surface area contributed by atoms with Crippen molar-refractivity contribution >= 4 is 34.0 Å². The molecule has 1 aromatic heterocycles. The molecular weight excluding hydrogens is 454 g/mol. The van der Waals surface area contributed by atoms with Gasteiger partial charge in [-0.15, -0.1) is 0 Å².